The highest BCUT2D eigenvalue weighted by Crippen LogP contribution is 2.20. The van der Waals surface area contributed by atoms with Crippen molar-refractivity contribution in [2.45, 2.75) is 13.3 Å². The molecule has 0 saturated carbocycles. The van der Waals surface area contributed by atoms with Crippen molar-refractivity contribution in [1.29, 1.82) is 0 Å². The van der Waals surface area contributed by atoms with Crippen LogP contribution < -0.4 is 4.90 Å². The Hall–Kier alpha value is -2.53. The fourth-order valence-electron chi connectivity index (χ4n) is 3.14. The lowest BCUT2D eigenvalue weighted by atomic mass is 10.1. The molecule has 0 aromatic heterocycles. The summed E-state index contributed by atoms with van der Waals surface area (Å²) in [6.07, 6.45) is 0.183. The van der Waals surface area contributed by atoms with E-state index in [9.17, 15) is 9.59 Å². The number of piperazine rings is 1. The topological polar surface area (TPSA) is 49.9 Å². The third-order valence-electron chi connectivity index (χ3n) is 4.76. The Balaban J connectivity index is 1.44. The van der Waals surface area contributed by atoms with E-state index in [1.807, 2.05) is 55.5 Å². The quantitative estimate of drug-likeness (QED) is 0.741. The van der Waals surface area contributed by atoms with Crippen molar-refractivity contribution in [3.63, 3.8) is 0 Å². The molecule has 3 rings (SSSR count). The first-order chi connectivity index (χ1) is 13.0. The zero-order valence-electron chi connectivity index (χ0n) is 15.4. The van der Waals surface area contributed by atoms with E-state index in [0.29, 0.717) is 18.1 Å². The molecule has 0 spiro atoms. The van der Waals surface area contributed by atoms with Gasteiger partial charge in [-0.25, -0.2) is 0 Å². The van der Waals surface area contributed by atoms with Gasteiger partial charge in [0, 0.05) is 36.9 Å². The van der Waals surface area contributed by atoms with Gasteiger partial charge in [-0.05, 0) is 36.2 Å². The zero-order valence-corrected chi connectivity index (χ0v) is 16.1. The molecule has 1 fully saturated rings. The van der Waals surface area contributed by atoms with Crippen LogP contribution in [0.4, 0.5) is 5.69 Å². The molecule has 5 nitrogen and oxygen atoms in total. The smallest absolute Gasteiger partial charge is 0.310 e. The first kappa shape index (κ1) is 19.2. The monoisotopic (exact) mass is 386 g/mol. The molecule has 0 N–H and O–H groups in total. The van der Waals surface area contributed by atoms with E-state index < -0.39 is 0 Å². The first-order valence-corrected chi connectivity index (χ1v) is 9.39. The Labute approximate surface area is 164 Å². The van der Waals surface area contributed by atoms with E-state index >= 15 is 0 Å². The molecule has 0 unspecified atom stereocenters. The van der Waals surface area contributed by atoms with Gasteiger partial charge < -0.3 is 14.5 Å². The van der Waals surface area contributed by atoms with Crippen LogP contribution in [-0.2, 0) is 20.7 Å². The Morgan fingerprint density at radius 1 is 1.04 bits per heavy atom. The van der Waals surface area contributed by atoms with Crippen molar-refractivity contribution in [2.24, 2.45) is 0 Å². The average molecular weight is 387 g/mol. The summed E-state index contributed by atoms with van der Waals surface area (Å²) in [7, 11) is 0. The second kappa shape index (κ2) is 8.91. The van der Waals surface area contributed by atoms with Gasteiger partial charge in [-0.3, -0.25) is 9.59 Å². The molecule has 1 saturated heterocycles. The van der Waals surface area contributed by atoms with E-state index in [-0.39, 0.29) is 24.9 Å². The van der Waals surface area contributed by atoms with Crippen molar-refractivity contribution in [2.75, 3.05) is 37.7 Å². The van der Waals surface area contributed by atoms with Gasteiger partial charge in [0.05, 0.1) is 6.42 Å². The standard InChI is InChI=1S/C21H23ClN2O3/c1-16-5-2-3-6-17(16)13-21(26)27-15-20(25)24-11-9-23(10-12-24)19-8-4-7-18(22)14-19/h2-8,14H,9-13,15H2,1H3. The van der Waals surface area contributed by atoms with Crippen molar-refractivity contribution < 1.29 is 14.3 Å². The first-order valence-electron chi connectivity index (χ1n) is 9.01. The minimum Gasteiger partial charge on any atom is -0.455 e. The van der Waals surface area contributed by atoms with Crippen LogP contribution in [0.2, 0.25) is 5.02 Å². The number of halogens is 1. The molecule has 142 valence electrons. The number of rotatable bonds is 5. The van der Waals surface area contributed by atoms with Crippen LogP contribution in [0.15, 0.2) is 48.5 Å². The van der Waals surface area contributed by atoms with Crippen LogP contribution in [0.3, 0.4) is 0 Å². The summed E-state index contributed by atoms with van der Waals surface area (Å²) in [6.45, 7) is 4.39. The molecular weight excluding hydrogens is 364 g/mol. The third-order valence-corrected chi connectivity index (χ3v) is 4.99. The van der Waals surface area contributed by atoms with Gasteiger partial charge in [-0.1, -0.05) is 41.9 Å². The predicted molar refractivity (Wildman–Crippen MR) is 106 cm³/mol. The average Bonchev–Trinajstić information content (AvgIpc) is 2.68. The summed E-state index contributed by atoms with van der Waals surface area (Å²) in [4.78, 5) is 28.3. The summed E-state index contributed by atoms with van der Waals surface area (Å²) in [5.41, 5.74) is 3.02. The zero-order chi connectivity index (χ0) is 19.2. The SMILES string of the molecule is Cc1ccccc1CC(=O)OCC(=O)N1CCN(c2cccc(Cl)c2)CC1. The van der Waals surface area contributed by atoms with Gasteiger partial charge in [-0.2, -0.15) is 0 Å². The van der Waals surface area contributed by atoms with Crippen LogP contribution in [-0.4, -0.2) is 49.6 Å². The molecule has 0 bridgehead atoms. The van der Waals surface area contributed by atoms with Crippen LogP contribution in [0.25, 0.3) is 0 Å². The van der Waals surface area contributed by atoms with Gasteiger partial charge in [0.15, 0.2) is 6.61 Å². The second-order valence-electron chi connectivity index (χ2n) is 6.61. The highest BCUT2D eigenvalue weighted by atomic mass is 35.5. The Kier molecular flexibility index (Phi) is 6.35. The molecule has 6 heteroatoms. The predicted octanol–water partition coefficient (Wildman–Crippen LogP) is 3.08. The molecule has 0 radical (unpaired) electrons. The summed E-state index contributed by atoms with van der Waals surface area (Å²) in [5.74, 6) is -0.533. The van der Waals surface area contributed by atoms with E-state index in [4.69, 9.17) is 16.3 Å². The molecule has 0 atom stereocenters. The lowest BCUT2D eigenvalue weighted by molar-refractivity contribution is -0.151. The number of amides is 1. The van der Waals surface area contributed by atoms with Crippen LogP contribution in [0, 0.1) is 6.92 Å². The minimum absolute atomic E-state index is 0.154. The summed E-state index contributed by atoms with van der Waals surface area (Å²) in [5, 5.41) is 0.701. The van der Waals surface area contributed by atoms with Gasteiger partial charge in [-0.15, -0.1) is 0 Å². The number of nitrogens with zero attached hydrogens (tertiary/aromatic N) is 2. The highest BCUT2D eigenvalue weighted by molar-refractivity contribution is 6.30. The fraction of sp³-hybridized carbons (Fsp3) is 0.333. The lowest BCUT2D eigenvalue weighted by Gasteiger charge is -2.36. The van der Waals surface area contributed by atoms with E-state index in [1.54, 1.807) is 4.90 Å². The molecule has 2 aromatic rings. The molecular formula is C21H23ClN2O3. The number of hydrogen-bond donors (Lipinski definition) is 0. The van der Waals surface area contributed by atoms with E-state index in [1.165, 1.54) is 0 Å². The molecule has 0 aliphatic carbocycles. The number of aryl methyl sites for hydroxylation is 1. The Morgan fingerprint density at radius 2 is 1.78 bits per heavy atom. The van der Waals surface area contributed by atoms with Crippen LogP contribution >= 0.6 is 11.6 Å². The number of esters is 1. The van der Waals surface area contributed by atoms with Crippen molar-refractivity contribution in [3.8, 4) is 0 Å². The summed E-state index contributed by atoms with van der Waals surface area (Å²) in [6, 6.07) is 15.4. The lowest BCUT2D eigenvalue weighted by Crippen LogP contribution is -2.50. The second-order valence-corrected chi connectivity index (χ2v) is 7.05. The Morgan fingerprint density at radius 3 is 2.48 bits per heavy atom. The molecule has 1 amide bonds. The maximum absolute atomic E-state index is 12.3. The van der Waals surface area contributed by atoms with Crippen molar-refractivity contribution in [3.05, 3.63) is 64.7 Å². The number of carbonyl (C=O) groups is 2. The normalized spacial score (nSPS) is 14.1. The maximum Gasteiger partial charge on any atom is 0.310 e. The molecule has 1 aliphatic heterocycles. The minimum atomic E-state index is -0.379. The number of anilines is 1. The number of hydrogen-bond acceptors (Lipinski definition) is 4. The Bertz CT molecular complexity index is 817. The van der Waals surface area contributed by atoms with Crippen LogP contribution in [0.5, 0.6) is 0 Å². The van der Waals surface area contributed by atoms with Gasteiger partial charge in [0.1, 0.15) is 0 Å². The fourth-order valence-corrected chi connectivity index (χ4v) is 3.32. The van der Waals surface area contributed by atoms with Crippen molar-refractivity contribution in [1.82, 2.24) is 4.90 Å². The molecule has 2 aromatic carbocycles. The van der Waals surface area contributed by atoms with Gasteiger partial charge in [0.2, 0.25) is 0 Å². The van der Waals surface area contributed by atoms with Crippen molar-refractivity contribution >= 4 is 29.2 Å². The van der Waals surface area contributed by atoms with Gasteiger partial charge >= 0.3 is 5.97 Å². The van der Waals surface area contributed by atoms with Gasteiger partial charge in [0.25, 0.3) is 5.91 Å². The molecule has 27 heavy (non-hydrogen) atoms. The number of carbonyl (C=O) groups excluding carboxylic acids is 2. The maximum atomic E-state index is 12.3. The largest absolute Gasteiger partial charge is 0.455 e. The third kappa shape index (κ3) is 5.23. The molecule has 1 aliphatic rings. The van der Waals surface area contributed by atoms with E-state index in [2.05, 4.69) is 4.90 Å². The number of benzene rings is 2. The number of ether oxygens (including phenoxy) is 1. The molecule has 1 heterocycles. The highest BCUT2D eigenvalue weighted by Gasteiger charge is 2.22. The summed E-state index contributed by atoms with van der Waals surface area (Å²) < 4.78 is 5.18. The summed E-state index contributed by atoms with van der Waals surface area (Å²) >= 11 is 6.04. The van der Waals surface area contributed by atoms with Crippen LogP contribution in [0.1, 0.15) is 11.1 Å². The van der Waals surface area contributed by atoms with E-state index in [0.717, 1.165) is 29.9 Å².